The third-order valence-electron chi connectivity index (χ3n) is 3.70. The van der Waals surface area contributed by atoms with Crippen molar-refractivity contribution in [1.82, 2.24) is 15.2 Å². The summed E-state index contributed by atoms with van der Waals surface area (Å²) in [5.74, 6) is 0.759. The smallest absolute Gasteiger partial charge is 0.318 e. The SMILES string of the molecule is Cc1ccc([C@H](N)c2nc(-c3ccc(C(F)(F)F)cc3)n[nH]2)cc1. The highest BCUT2D eigenvalue weighted by molar-refractivity contribution is 5.55. The predicted molar refractivity (Wildman–Crippen MR) is 84.0 cm³/mol. The van der Waals surface area contributed by atoms with Crippen molar-refractivity contribution in [2.75, 3.05) is 0 Å². The molecule has 0 unspecified atom stereocenters. The van der Waals surface area contributed by atoms with Gasteiger partial charge in [-0.25, -0.2) is 4.98 Å². The molecule has 24 heavy (non-hydrogen) atoms. The Morgan fingerprint density at radius 1 is 1.00 bits per heavy atom. The molecule has 1 atom stereocenters. The van der Waals surface area contributed by atoms with Crippen LogP contribution in [0.15, 0.2) is 48.5 Å². The van der Waals surface area contributed by atoms with Crippen molar-refractivity contribution in [3.8, 4) is 11.4 Å². The summed E-state index contributed by atoms with van der Waals surface area (Å²) in [6.45, 7) is 1.98. The fourth-order valence-electron chi connectivity index (χ4n) is 2.28. The maximum atomic E-state index is 12.6. The zero-order valence-corrected chi connectivity index (χ0v) is 12.8. The molecular formula is C17H15F3N4. The van der Waals surface area contributed by atoms with E-state index in [-0.39, 0.29) is 0 Å². The number of nitrogens with two attached hydrogens (primary N) is 1. The molecule has 0 aliphatic carbocycles. The van der Waals surface area contributed by atoms with Gasteiger partial charge in [0.25, 0.3) is 0 Å². The largest absolute Gasteiger partial charge is 0.416 e. The van der Waals surface area contributed by atoms with Crippen LogP contribution in [-0.2, 0) is 6.18 Å². The van der Waals surface area contributed by atoms with Gasteiger partial charge in [0, 0.05) is 5.56 Å². The van der Waals surface area contributed by atoms with Crippen molar-refractivity contribution in [2.24, 2.45) is 5.73 Å². The van der Waals surface area contributed by atoms with Crippen LogP contribution in [0.2, 0.25) is 0 Å². The van der Waals surface area contributed by atoms with E-state index in [4.69, 9.17) is 5.73 Å². The van der Waals surface area contributed by atoms with Crippen molar-refractivity contribution in [3.05, 3.63) is 71.0 Å². The average Bonchev–Trinajstić information content (AvgIpc) is 3.04. The molecule has 124 valence electrons. The first-order valence-corrected chi connectivity index (χ1v) is 7.26. The first kappa shape index (κ1) is 16.2. The average molecular weight is 332 g/mol. The summed E-state index contributed by atoms with van der Waals surface area (Å²) in [7, 11) is 0. The van der Waals surface area contributed by atoms with Crippen molar-refractivity contribution in [2.45, 2.75) is 19.1 Å². The Kier molecular flexibility index (Phi) is 4.11. The summed E-state index contributed by atoms with van der Waals surface area (Å²) in [6.07, 6.45) is -4.36. The minimum Gasteiger partial charge on any atom is -0.318 e. The molecule has 0 radical (unpaired) electrons. The molecule has 0 saturated carbocycles. The molecule has 3 rings (SSSR count). The van der Waals surface area contributed by atoms with Gasteiger partial charge >= 0.3 is 6.18 Å². The van der Waals surface area contributed by atoms with Crippen LogP contribution in [0.25, 0.3) is 11.4 Å². The molecule has 3 N–H and O–H groups in total. The zero-order chi connectivity index (χ0) is 17.3. The van der Waals surface area contributed by atoms with Crippen LogP contribution < -0.4 is 5.73 Å². The van der Waals surface area contributed by atoms with Crippen LogP contribution in [-0.4, -0.2) is 15.2 Å². The lowest BCUT2D eigenvalue weighted by molar-refractivity contribution is -0.137. The van der Waals surface area contributed by atoms with E-state index >= 15 is 0 Å². The molecule has 2 aromatic carbocycles. The minimum absolute atomic E-state index is 0.307. The van der Waals surface area contributed by atoms with Gasteiger partial charge in [-0.3, -0.25) is 5.10 Å². The normalized spacial score (nSPS) is 13.0. The fraction of sp³-hybridized carbons (Fsp3) is 0.176. The van der Waals surface area contributed by atoms with Gasteiger partial charge in [0.1, 0.15) is 5.82 Å². The standard InChI is InChI=1S/C17H15F3N4/c1-10-2-4-11(5-3-10)14(21)16-22-15(23-24-16)12-6-8-13(9-7-12)17(18,19)20/h2-9,14H,21H2,1H3,(H,22,23,24)/t14-/m0/s1. The quantitative estimate of drug-likeness (QED) is 0.765. The number of nitrogens with one attached hydrogen (secondary N) is 1. The van der Waals surface area contributed by atoms with E-state index in [1.54, 1.807) is 0 Å². The number of aromatic nitrogens is 3. The molecule has 3 aromatic rings. The number of halogens is 3. The van der Waals surface area contributed by atoms with E-state index in [1.165, 1.54) is 12.1 Å². The second-order valence-corrected chi connectivity index (χ2v) is 5.51. The molecular weight excluding hydrogens is 317 g/mol. The van der Waals surface area contributed by atoms with Crippen molar-refractivity contribution >= 4 is 0 Å². The Morgan fingerprint density at radius 2 is 1.62 bits per heavy atom. The van der Waals surface area contributed by atoms with Gasteiger partial charge in [-0.15, -0.1) is 0 Å². The zero-order valence-electron chi connectivity index (χ0n) is 12.8. The molecule has 0 spiro atoms. The maximum absolute atomic E-state index is 12.6. The number of benzene rings is 2. The Balaban J connectivity index is 1.83. The van der Waals surface area contributed by atoms with Crippen LogP contribution in [0.3, 0.4) is 0 Å². The van der Waals surface area contributed by atoms with Crippen molar-refractivity contribution in [1.29, 1.82) is 0 Å². The van der Waals surface area contributed by atoms with Crippen molar-refractivity contribution in [3.63, 3.8) is 0 Å². The highest BCUT2D eigenvalue weighted by Crippen LogP contribution is 2.30. The van der Waals surface area contributed by atoms with Gasteiger partial charge in [0.2, 0.25) is 0 Å². The molecule has 1 heterocycles. The Morgan fingerprint density at radius 3 is 2.21 bits per heavy atom. The summed E-state index contributed by atoms with van der Waals surface area (Å²) >= 11 is 0. The van der Waals surface area contributed by atoms with Gasteiger partial charge in [-0.1, -0.05) is 42.0 Å². The lowest BCUT2D eigenvalue weighted by Gasteiger charge is -2.08. The minimum atomic E-state index is -4.36. The monoisotopic (exact) mass is 332 g/mol. The number of alkyl halides is 3. The summed E-state index contributed by atoms with van der Waals surface area (Å²) in [5.41, 5.74) is 7.92. The van der Waals surface area contributed by atoms with Gasteiger partial charge in [0.15, 0.2) is 5.82 Å². The second kappa shape index (κ2) is 6.09. The van der Waals surface area contributed by atoms with Crippen LogP contribution in [0.5, 0.6) is 0 Å². The molecule has 0 aliphatic rings. The Labute approximate surface area is 136 Å². The third-order valence-corrected chi connectivity index (χ3v) is 3.70. The Bertz CT molecular complexity index is 820. The molecule has 0 saturated heterocycles. The topological polar surface area (TPSA) is 67.6 Å². The first-order valence-electron chi connectivity index (χ1n) is 7.26. The van der Waals surface area contributed by atoms with Gasteiger partial charge < -0.3 is 5.73 Å². The predicted octanol–water partition coefficient (Wildman–Crippen LogP) is 3.85. The lowest BCUT2D eigenvalue weighted by Crippen LogP contribution is -2.13. The molecule has 0 bridgehead atoms. The second-order valence-electron chi connectivity index (χ2n) is 5.51. The van der Waals surface area contributed by atoms with Gasteiger partial charge in [0.05, 0.1) is 11.6 Å². The van der Waals surface area contributed by atoms with Crippen LogP contribution in [0.4, 0.5) is 13.2 Å². The van der Waals surface area contributed by atoms with E-state index in [0.29, 0.717) is 17.2 Å². The number of hydrogen-bond donors (Lipinski definition) is 2. The van der Waals surface area contributed by atoms with E-state index < -0.39 is 17.8 Å². The number of hydrogen-bond acceptors (Lipinski definition) is 3. The van der Waals surface area contributed by atoms with Crippen LogP contribution in [0.1, 0.15) is 28.6 Å². The molecule has 0 aliphatic heterocycles. The molecule has 7 heteroatoms. The molecule has 1 aromatic heterocycles. The number of aromatic amines is 1. The summed E-state index contributed by atoms with van der Waals surface area (Å²) < 4.78 is 37.8. The van der Waals surface area contributed by atoms with E-state index in [9.17, 15) is 13.2 Å². The highest BCUT2D eigenvalue weighted by Gasteiger charge is 2.30. The number of rotatable bonds is 3. The summed E-state index contributed by atoms with van der Waals surface area (Å²) in [6, 6.07) is 11.9. The molecule has 0 fully saturated rings. The van der Waals surface area contributed by atoms with E-state index in [1.807, 2.05) is 31.2 Å². The molecule has 0 amide bonds. The van der Waals surface area contributed by atoms with E-state index in [2.05, 4.69) is 15.2 Å². The maximum Gasteiger partial charge on any atom is 0.416 e. The van der Waals surface area contributed by atoms with Crippen LogP contribution in [0, 0.1) is 6.92 Å². The summed E-state index contributed by atoms with van der Waals surface area (Å²) in [4.78, 5) is 4.30. The van der Waals surface area contributed by atoms with Gasteiger partial charge in [-0.05, 0) is 24.6 Å². The number of nitrogens with zero attached hydrogens (tertiary/aromatic N) is 2. The van der Waals surface area contributed by atoms with Crippen LogP contribution >= 0.6 is 0 Å². The number of aryl methyl sites for hydroxylation is 1. The van der Waals surface area contributed by atoms with E-state index in [0.717, 1.165) is 23.3 Å². The molecule has 4 nitrogen and oxygen atoms in total. The van der Waals surface area contributed by atoms with Crippen molar-refractivity contribution < 1.29 is 13.2 Å². The first-order chi connectivity index (χ1) is 11.3. The highest BCUT2D eigenvalue weighted by atomic mass is 19.4. The van der Waals surface area contributed by atoms with Gasteiger partial charge in [-0.2, -0.15) is 18.3 Å². The number of H-pyrrole nitrogens is 1. The Hall–Kier alpha value is -2.67. The third kappa shape index (κ3) is 3.30. The fourth-order valence-corrected chi connectivity index (χ4v) is 2.28. The summed E-state index contributed by atoms with van der Waals surface area (Å²) in [5, 5.41) is 6.80. The lowest BCUT2D eigenvalue weighted by atomic mass is 10.1.